The molecule has 1 aromatic rings. The molecule has 0 bridgehead atoms. The second-order valence-corrected chi connectivity index (χ2v) is 4.53. The minimum atomic E-state index is 0.475. The van der Waals surface area contributed by atoms with Crippen LogP contribution in [-0.4, -0.2) is 39.5 Å². The maximum Gasteiger partial charge on any atom is 0.103 e. The Morgan fingerprint density at radius 1 is 1.15 bits per heavy atom. The average Bonchev–Trinajstić information content (AvgIpc) is 2.46. The van der Waals surface area contributed by atoms with Crippen LogP contribution in [0.5, 0.6) is 0 Å². The molecule has 0 aromatic heterocycles. The first-order valence-corrected chi connectivity index (χ1v) is 7.21. The summed E-state index contributed by atoms with van der Waals surface area (Å²) in [4.78, 5) is 2.08. The first-order chi connectivity index (χ1) is 9.74. The Kier molecular flexibility index (Phi) is 8.05. The molecule has 0 fully saturated rings. The highest BCUT2D eigenvalue weighted by Gasteiger charge is 2.13. The Morgan fingerprint density at radius 3 is 2.25 bits per heavy atom. The van der Waals surface area contributed by atoms with Gasteiger partial charge in [0.25, 0.3) is 0 Å². The van der Waals surface area contributed by atoms with Crippen molar-refractivity contribution in [2.24, 2.45) is 0 Å². The third-order valence-corrected chi connectivity index (χ3v) is 3.18. The third kappa shape index (κ3) is 5.01. The van der Waals surface area contributed by atoms with Gasteiger partial charge >= 0.3 is 0 Å². The Labute approximate surface area is 125 Å². The van der Waals surface area contributed by atoms with Gasteiger partial charge in [-0.1, -0.05) is 17.7 Å². The maximum absolute atomic E-state index is 9.27. The van der Waals surface area contributed by atoms with E-state index in [1.54, 1.807) is 6.07 Å². The predicted octanol–water partition coefficient (Wildman–Crippen LogP) is 3.09. The van der Waals surface area contributed by atoms with Crippen LogP contribution in [0, 0.1) is 11.3 Å². The molecule has 0 aliphatic carbocycles. The molecule has 0 radical (unpaired) electrons. The standard InChI is InChI=1S/C15H21ClN2O2/c1-3-19-10-8-18(9-11-20-4-2)15-7-5-6-14(16)13(15)12-17/h5-7H,3-4,8-11H2,1-2H3. The number of ether oxygens (including phenoxy) is 2. The van der Waals surface area contributed by atoms with Gasteiger partial charge in [-0.3, -0.25) is 0 Å². The fourth-order valence-corrected chi connectivity index (χ4v) is 2.09. The fourth-order valence-electron chi connectivity index (χ4n) is 1.88. The van der Waals surface area contributed by atoms with E-state index in [4.69, 9.17) is 21.1 Å². The molecule has 0 atom stereocenters. The third-order valence-electron chi connectivity index (χ3n) is 2.86. The van der Waals surface area contributed by atoms with E-state index in [1.807, 2.05) is 26.0 Å². The van der Waals surface area contributed by atoms with E-state index >= 15 is 0 Å². The molecule has 20 heavy (non-hydrogen) atoms. The molecule has 1 aromatic carbocycles. The highest BCUT2D eigenvalue weighted by molar-refractivity contribution is 6.32. The largest absolute Gasteiger partial charge is 0.380 e. The van der Waals surface area contributed by atoms with E-state index in [0.29, 0.717) is 50.1 Å². The van der Waals surface area contributed by atoms with Gasteiger partial charge in [0, 0.05) is 26.3 Å². The predicted molar refractivity (Wildman–Crippen MR) is 81.4 cm³/mol. The van der Waals surface area contributed by atoms with Gasteiger partial charge < -0.3 is 14.4 Å². The van der Waals surface area contributed by atoms with Gasteiger partial charge in [0.15, 0.2) is 0 Å². The molecule has 0 saturated heterocycles. The van der Waals surface area contributed by atoms with Crippen molar-refractivity contribution >= 4 is 17.3 Å². The second-order valence-electron chi connectivity index (χ2n) is 4.13. The highest BCUT2D eigenvalue weighted by Crippen LogP contribution is 2.26. The van der Waals surface area contributed by atoms with E-state index in [1.165, 1.54) is 0 Å². The number of nitrogens with zero attached hydrogens (tertiary/aromatic N) is 2. The van der Waals surface area contributed by atoms with E-state index in [2.05, 4.69) is 11.0 Å². The molecule has 110 valence electrons. The smallest absolute Gasteiger partial charge is 0.103 e. The summed E-state index contributed by atoms with van der Waals surface area (Å²) in [5.74, 6) is 0. The Morgan fingerprint density at radius 2 is 1.75 bits per heavy atom. The SMILES string of the molecule is CCOCCN(CCOCC)c1cccc(Cl)c1C#N. The monoisotopic (exact) mass is 296 g/mol. The van der Waals surface area contributed by atoms with Crippen LogP contribution in [-0.2, 0) is 9.47 Å². The Bertz CT molecular complexity index is 436. The van der Waals surface area contributed by atoms with Crippen molar-refractivity contribution in [1.82, 2.24) is 0 Å². The molecular weight excluding hydrogens is 276 g/mol. The average molecular weight is 297 g/mol. The Balaban J connectivity index is 2.85. The molecular formula is C15H21ClN2O2. The first-order valence-electron chi connectivity index (χ1n) is 6.83. The minimum absolute atomic E-state index is 0.475. The molecule has 1 rings (SSSR count). The summed E-state index contributed by atoms with van der Waals surface area (Å²) in [6, 6.07) is 7.66. The summed E-state index contributed by atoms with van der Waals surface area (Å²) in [7, 11) is 0. The van der Waals surface area contributed by atoms with E-state index in [0.717, 1.165) is 5.69 Å². The van der Waals surface area contributed by atoms with Crippen LogP contribution >= 0.6 is 11.6 Å². The van der Waals surface area contributed by atoms with E-state index < -0.39 is 0 Å². The lowest BCUT2D eigenvalue weighted by atomic mass is 10.1. The van der Waals surface area contributed by atoms with Crippen molar-refractivity contribution in [3.63, 3.8) is 0 Å². The van der Waals surface area contributed by atoms with Crippen LogP contribution in [0.25, 0.3) is 0 Å². The highest BCUT2D eigenvalue weighted by atomic mass is 35.5. The molecule has 0 saturated carbocycles. The van der Waals surface area contributed by atoms with Crippen LogP contribution in [0.15, 0.2) is 18.2 Å². The summed E-state index contributed by atoms with van der Waals surface area (Å²) in [5.41, 5.74) is 1.33. The Hall–Kier alpha value is -1.28. The van der Waals surface area contributed by atoms with Gasteiger partial charge in [-0.25, -0.2) is 0 Å². The lowest BCUT2D eigenvalue weighted by Gasteiger charge is -2.25. The molecule has 0 heterocycles. The zero-order valence-electron chi connectivity index (χ0n) is 12.1. The van der Waals surface area contributed by atoms with Gasteiger partial charge in [-0.05, 0) is 26.0 Å². The van der Waals surface area contributed by atoms with Gasteiger partial charge in [-0.15, -0.1) is 0 Å². The number of hydrogen-bond acceptors (Lipinski definition) is 4. The van der Waals surface area contributed by atoms with Crippen molar-refractivity contribution in [2.45, 2.75) is 13.8 Å². The number of rotatable bonds is 9. The molecule has 5 heteroatoms. The fraction of sp³-hybridized carbons (Fsp3) is 0.533. The van der Waals surface area contributed by atoms with E-state index in [9.17, 15) is 5.26 Å². The number of benzene rings is 1. The van der Waals surface area contributed by atoms with Gasteiger partial charge in [0.05, 0.1) is 29.5 Å². The zero-order chi connectivity index (χ0) is 14.8. The lowest BCUT2D eigenvalue weighted by Crippen LogP contribution is -2.31. The number of halogens is 1. The minimum Gasteiger partial charge on any atom is -0.380 e. The molecule has 0 spiro atoms. The molecule has 0 aliphatic heterocycles. The normalized spacial score (nSPS) is 10.3. The number of hydrogen-bond donors (Lipinski definition) is 0. The van der Waals surface area contributed by atoms with Crippen molar-refractivity contribution < 1.29 is 9.47 Å². The maximum atomic E-state index is 9.27. The quantitative estimate of drug-likeness (QED) is 0.657. The summed E-state index contributed by atoms with van der Waals surface area (Å²) >= 11 is 6.08. The summed E-state index contributed by atoms with van der Waals surface area (Å²) < 4.78 is 10.8. The zero-order valence-corrected chi connectivity index (χ0v) is 12.8. The van der Waals surface area contributed by atoms with Crippen LogP contribution in [0.3, 0.4) is 0 Å². The number of anilines is 1. The van der Waals surface area contributed by atoms with Crippen LogP contribution in [0.2, 0.25) is 5.02 Å². The van der Waals surface area contributed by atoms with Gasteiger partial charge in [0.2, 0.25) is 0 Å². The van der Waals surface area contributed by atoms with Crippen molar-refractivity contribution in [1.29, 1.82) is 5.26 Å². The van der Waals surface area contributed by atoms with Crippen LogP contribution in [0.4, 0.5) is 5.69 Å². The molecule has 4 nitrogen and oxygen atoms in total. The second kappa shape index (κ2) is 9.60. The molecule has 0 N–H and O–H groups in total. The number of nitriles is 1. The summed E-state index contributed by atoms with van der Waals surface area (Å²) in [5, 5.41) is 9.74. The molecule has 0 aliphatic rings. The van der Waals surface area contributed by atoms with Gasteiger partial charge in [0.1, 0.15) is 6.07 Å². The van der Waals surface area contributed by atoms with E-state index in [-0.39, 0.29) is 0 Å². The molecule has 0 amide bonds. The van der Waals surface area contributed by atoms with Crippen molar-refractivity contribution in [3.05, 3.63) is 28.8 Å². The van der Waals surface area contributed by atoms with Crippen LogP contribution in [0.1, 0.15) is 19.4 Å². The van der Waals surface area contributed by atoms with Crippen molar-refractivity contribution in [2.75, 3.05) is 44.4 Å². The molecule has 0 unspecified atom stereocenters. The summed E-state index contributed by atoms with van der Waals surface area (Å²) in [6.45, 7) is 7.92. The van der Waals surface area contributed by atoms with Gasteiger partial charge in [-0.2, -0.15) is 5.26 Å². The topological polar surface area (TPSA) is 45.5 Å². The first kappa shape index (κ1) is 16.8. The summed E-state index contributed by atoms with van der Waals surface area (Å²) in [6.07, 6.45) is 0. The lowest BCUT2D eigenvalue weighted by molar-refractivity contribution is 0.141. The van der Waals surface area contributed by atoms with Crippen LogP contribution < -0.4 is 4.90 Å². The van der Waals surface area contributed by atoms with Crippen molar-refractivity contribution in [3.8, 4) is 6.07 Å².